The number of nitrogens with zero attached hydrogens (tertiary/aromatic N) is 3. The van der Waals surface area contributed by atoms with Gasteiger partial charge in [-0.15, -0.1) is 0 Å². The Morgan fingerprint density at radius 2 is 1.68 bits per heavy atom. The first-order valence-electron chi connectivity index (χ1n) is 12.2. The molecule has 1 aliphatic carbocycles. The topological polar surface area (TPSA) is 58.1 Å². The monoisotopic (exact) mass is 536 g/mol. The van der Waals surface area contributed by atoms with E-state index in [1.807, 2.05) is 24.3 Å². The summed E-state index contributed by atoms with van der Waals surface area (Å²) < 4.78 is 15.0. The molecule has 1 amide bonds. The summed E-state index contributed by atoms with van der Waals surface area (Å²) in [6, 6.07) is 15.8. The summed E-state index contributed by atoms with van der Waals surface area (Å²) in [5.41, 5.74) is 3.24. The highest BCUT2D eigenvalue weighted by Gasteiger charge is 2.34. The predicted octanol–water partition coefficient (Wildman–Crippen LogP) is 7.76. The van der Waals surface area contributed by atoms with Crippen LogP contribution in [-0.4, -0.2) is 32.4 Å². The molecule has 0 spiro atoms. The van der Waals surface area contributed by atoms with E-state index in [0.717, 1.165) is 40.7 Å². The molecule has 0 bridgehead atoms. The lowest BCUT2D eigenvalue weighted by molar-refractivity contribution is 0.0728. The van der Waals surface area contributed by atoms with Crippen LogP contribution in [-0.2, 0) is 6.54 Å². The number of benzene rings is 3. The number of hydrogen-bond donors (Lipinski definition) is 1. The maximum Gasteiger partial charge on any atom is 0.254 e. The van der Waals surface area contributed by atoms with Gasteiger partial charge in [-0.25, -0.2) is 14.4 Å². The van der Waals surface area contributed by atoms with Gasteiger partial charge in [-0.05, 0) is 87.2 Å². The van der Waals surface area contributed by atoms with Crippen molar-refractivity contribution >= 4 is 45.8 Å². The van der Waals surface area contributed by atoms with Gasteiger partial charge in [0.25, 0.3) is 5.91 Å². The fourth-order valence-corrected chi connectivity index (χ4v) is 4.87. The predicted molar refractivity (Wildman–Crippen MR) is 148 cm³/mol. The van der Waals surface area contributed by atoms with Gasteiger partial charge in [-0.2, -0.15) is 0 Å². The van der Waals surface area contributed by atoms with Gasteiger partial charge >= 0.3 is 0 Å². The molecule has 0 unspecified atom stereocenters. The molecule has 8 heteroatoms. The van der Waals surface area contributed by atoms with Gasteiger partial charge < -0.3 is 10.2 Å². The third kappa shape index (κ3) is 5.86. The van der Waals surface area contributed by atoms with Crippen LogP contribution in [0.3, 0.4) is 0 Å². The molecule has 5 rings (SSSR count). The highest BCUT2D eigenvalue weighted by molar-refractivity contribution is 6.35. The number of rotatable bonds is 6. The van der Waals surface area contributed by atoms with Gasteiger partial charge in [0.2, 0.25) is 0 Å². The first-order valence-corrected chi connectivity index (χ1v) is 12.9. The summed E-state index contributed by atoms with van der Waals surface area (Å²) in [7, 11) is 0. The molecule has 0 saturated heterocycles. The molecule has 190 valence electrons. The molecule has 1 N–H and O–H groups in total. The van der Waals surface area contributed by atoms with E-state index in [2.05, 4.69) is 36.1 Å². The minimum absolute atomic E-state index is 0.0668. The summed E-state index contributed by atoms with van der Waals surface area (Å²) in [5.74, 6) is 0.176. The zero-order chi connectivity index (χ0) is 26.3. The average molecular weight is 537 g/mol. The SMILES string of the molecule is CC(C)(C)Nc1ncnc2ccc(-c3ccc(F)c(CN(C(=O)c4cc(Cl)cc(Cl)c4)C4CC4)c3)cc12. The third-order valence-corrected chi connectivity index (χ3v) is 6.64. The molecule has 1 aliphatic rings. The number of carbonyl (C=O) groups excluding carboxylic acids is 1. The third-order valence-electron chi connectivity index (χ3n) is 6.21. The van der Waals surface area contributed by atoms with Crippen LogP contribution < -0.4 is 5.32 Å². The molecule has 4 aromatic rings. The van der Waals surface area contributed by atoms with Gasteiger partial charge in [0, 0.05) is 44.7 Å². The van der Waals surface area contributed by atoms with Crippen LogP contribution in [0.2, 0.25) is 10.0 Å². The van der Waals surface area contributed by atoms with Gasteiger partial charge in [-0.3, -0.25) is 4.79 Å². The van der Waals surface area contributed by atoms with Crippen LogP contribution in [0.25, 0.3) is 22.0 Å². The first kappa shape index (κ1) is 25.4. The van der Waals surface area contributed by atoms with E-state index >= 15 is 4.39 Å². The highest BCUT2D eigenvalue weighted by Crippen LogP contribution is 2.33. The van der Waals surface area contributed by atoms with E-state index in [-0.39, 0.29) is 29.8 Å². The molecule has 37 heavy (non-hydrogen) atoms. The molecular formula is C29H27Cl2FN4O. The second kappa shape index (κ2) is 9.92. The van der Waals surface area contributed by atoms with Crippen molar-refractivity contribution in [3.05, 3.63) is 87.9 Å². The van der Waals surface area contributed by atoms with Crippen molar-refractivity contribution < 1.29 is 9.18 Å². The highest BCUT2D eigenvalue weighted by atomic mass is 35.5. The number of aromatic nitrogens is 2. The Labute approximate surface area is 225 Å². The van der Waals surface area contributed by atoms with Crippen LogP contribution in [0, 0.1) is 5.82 Å². The zero-order valence-corrected chi connectivity index (χ0v) is 22.4. The van der Waals surface area contributed by atoms with E-state index < -0.39 is 0 Å². The van der Waals surface area contributed by atoms with Crippen molar-refractivity contribution in [2.24, 2.45) is 0 Å². The van der Waals surface area contributed by atoms with E-state index in [1.165, 1.54) is 6.07 Å². The van der Waals surface area contributed by atoms with Crippen molar-refractivity contribution in [2.45, 2.75) is 51.7 Å². The zero-order valence-electron chi connectivity index (χ0n) is 20.9. The summed E-state index contributed by atoms with van der Waals surface area (Å²) in [6.45, 7) is 6.37. The lowest BCUT2D eigenvalue weighted by atomic mass is 10.00. The van der Waals surface area contributed by atoms with Crippen molar-refractivity contribution in [3.63, 3.8) is 0 Å². The quantitative estimate of drug-likeness (QED) is 0.273. The van der Waals surface area contributed by atoms with Crippen molar-refractivity contribution in [1.29, 1.82) is 0 Å². The Bertz CT molecular complexity index is 1480. The molecule has 0 atom stereocenters. The number of anilines is 1. The van der Waals surface area contributed by atoms with Crippen LogP contribution in [0.5, 0.6) is 0 Å². The molecule has 5 nitrogen and oxygen atoms in total. The van der Waals surface area contributed by atoms with Crippen LogP contribution >= 0.6 is 23.2 Å². The van der Waals surface area contributed by atoms with E-state index in [1.54, 1.807) is 35.5 Å². The molecule has 1 heterocycles. The summed E-state index contributed by atoms with van der Waals surface area (Å²) in [5, 5.41) is 5.09. The average Bonchev–Trinajstić information content (AvgIpc) is 3.67. The lowest BCUT2D eigenvalue weighted by Crippen LogP contribution is -2.33. The summed E-state index contributed by atoms with van der Waals surface area (Å²) in [4.78, 5) is 23.9. The number of amides is 1. The van der Waals surface area contributed by atoms with Gasteiger partial charge in [0.1, 0.15) is 18.0 Å². The van der Waals surface area contributed by atoms with Crippen LogP contribution in [0.4, 0.5) is 10.2 Å². The van der Waals surface area contributed by atoms with Gasteiger partial charge in [-0.1, -0.05) is 35.3 Å². The van der Waals surface area contributed by atoms with Crippen LogP contribution in [0.15, 0.2) is 60.9 Å². The van der Waals surface area contributed by atoms with Crippen molar-refractivity contribution in [2.75, 3.05) is 5.32 Å². The molecule has 0 radical (unpaired) electrons. The summed E-state index contributed by atoms with van der Waals surface area (Å²) in [6.07, 6.45) is 3.31. The first-order chi connectivity index (χ1) is 17.6. The Hall–Kier alpha value is -3.22. The number of carbonyl (C=O) groups is 1. The normalized spacial score (nSPS) is 13.6. The van der Waals surface area contributed by atoms with Gasteiger partial charge in [0.15, 0.2) is 0 Å². The maximum atomic E-state index is 15.0. The summed E-state index contributed by atoms with van der Waals surface area (Å²) >= 11 is 12.3. The maximum absolute atomic E-state index is 15.0. The van der Waals surface area contributed by atoms with E-state index in [0.29, 0.717) is 21.2 Å². The molecule has 3 aromatic carbocycles. The standard InChI is InChI=1S/C29H27Cl2FN4O/c1-29(2,3)35-27-24-13-18(5-9-26(24)33-16-34-27)17-4-8-25(32)20(10-17)15-36(23-6-7-23)28(37)19-11-21(30)14-22(31)12-19/h4-5,8-14,16,23H,6-7,15H2,1-3H3,(H,33,34,35). The van der Waals surface area contributed by atoms with Gasteiger partial charge in [0.05, 0.1) is 5.52 Å². The Morgan fingerprint density at radius 1 is 1.00 bits per heavy atom. The molecule has 1 aromatic heterocycles. The second-order valence-corrected chi connectivity index (χ2v) is 11.3. The van der Waals surface area contributed by atoms with Crippen molar-refractivity contribution in [1.82, 2.24) is 14.9 Å². The Kier molecular flexibility index (Phi) is 6.82. The lowest BCUT2D eigenvalue weighted by Gasteiger charge is -2.24. The Balaban J connectivity index is 1.48. The largest absolute Gasteiger partial charge is 0.365 e. The molecule has 0 aliphatic heterocycles. The van der Waals surface area contributed by atoms with E-state index in [9.17, 15) is 4.79 Å². The number of fused-ring (bicyclic) bond motifs is 1. The number of nitrogens with one attached hydrogen (secondary N) is 1. The molecular weight excluding hydrogens is 510 g/mol. The fourth-order valence-electron chi connectivity index (χ4n) is 4.35. The fraction of sp³-hybridized carbons (Fsp3) is 0.276. The Morgan fingerprint density at radius 3 is 2.35 bits per heavy atom. The second-order valence-electron chi connectivity index (χ2n) is 10.5. The molecule has 1 saturated carbocycles. The van der Waals surface area contributed by atoms with E-state index in [4.69, 9.17) is 23.2 Å². The minimum Gasteiger partial charge on any atom is -0.365 e. The number of hydrogen-bond acceptors (Lipinski definition) is 4. The minimum atomic E-state index is -0.356. The molecule has 1 fully saturated rings. The smallest absolute Gasteiger partial charge is 0.254 e. The number of halogens is 3. The van der Waals surface area contributed by atoms with Crippen LogP contribution in [0.1, 0.15) is 49.5 Å². The van der Waals surface area contributed by atoms with Crippen molar-refractivity contribution in [3.8, 4) is 11.1 Å².